The lowest BCUT2D eigenvalue weighted by molar-refractivity contribution is -0.138. The number of carbonyl (C=O) groups excluding carboxylic acids is 1. The molecule has 0 aliphatic heterocycles. The molecule has 18 heavy (non-hydrogen) atoms. The Morgan fingerprint density at radius 1 is 1.39 bits per heavy atom. The highest BCUT2D eigenvalue weighted by Gasteiger charge is 2.09. The second kappa shape index (κ2) is 6.70. The molecule has 0 spiro atoms. The van der Waals surface area contributed by atoms with Gasteiger partial charge in [-0.2, -0.15) is 0 Å². The molecule has 5 nitrogen and oxygen atoms in total. The van der Waals surface area contributed by atoms with E-state index < -0.39 is 18.4 Å². The number of halogens is 1. The van der Waals surface area contributed by atoms with Gasteiger partial charge in [-0.05, 0) is 13.1 Å². The Labute approximate surface area is 104 Å². The Balaban J connectivity index is 2.42. The fraction of sp³-hybridized carbons (Fsp3) is 0.333. The van der Waals surface area contributed by atoms with Gasteiger partial charge in [-0.3, -0.25) is 14.5 Å². The third-order valence-corrected chi connectivity index (χ3v) is 2.25. The maximum Gasteiger partial charge on any atom is 0.322 e. The number of aliphatic carboxylic acids is 1. The molecule has 0 saturated carbocycles. The monoisotopic (exact) mass is 254 g/mol. The third kappa shape index (κ3) is 4.92. The molecule has 0 fully saturated rings. The number of rotatable bonds is 6. The maximum absolute atomic E-state index is 13.3. The standard InChI is InChI=1S/C12H15FN2O3/c1-15(8-11(16)14-6-12(17)18)7-9-4-2-3-5-10(9)13/h2-5H,6-8H2,1H3,(H,14,16)(H,17,18). The zero-order valence-electron chi connectivity index (χ0n) is 10.0. The van der Waals surface area contributed by atoms with E-state index in [1.54, 1.807) is 30.1 Å². The van der Waals surface area contributed by atoms with Crippen LogP contribution in [0.1, 0.15) is 5.56 Å². The molecule has 98 valence electrons. The summed E-state index contributed by atoms with van der Waals surface area (Å²) < 4.78 is 13.3. The molecule has 0 radical (unpaired) electrons. The number of carboxylic acid groups (broad SMARTS) is 1. The molecule has 1 aromatic rings. The summed E-state index contributed by atoms with van der Waals surface area (Å²) in [5, 5.41) is 10.6. The van der Waals surface area contributed by atoms with Gasteiger partial charge in [-0.25, -0.2) is 4.39 Å². The average Bonchev–Trinajstić information content (AvgIpc) is 2.29. The highest BCUT2D eigenvalue weighted by molar-refractivity contribution is 5.82. The van der Waals surface area contributed by atoms with E-state index in [9.17, 15) is 14.0 Å². The lowest BCUT2D eigenvalue weighted by Crippen LogP contribution is -2.37. The van der Waals surface area contributed by atoms with E-state index in [2.05, 4.69) is 5.32 Å². The zero-order chi connectivity index (χ0) is 13.5. The zero-order valence-corrected chi connectivity index (χ0v) is 10.0. The summed E-state index contributed by atoms with van der Waals surface area (Å²) in [5.41, 5.74) is 0.492. The highest BCUT2D eigenvalue weighted by Crippen LogP contribution is 2.08. The van der Waals surface area contributed by atoms with Crippen molar-refractivity contribution < 1.29 is 19.1 Å². The Morgan fingerprint density at radius 3 is 2.67 bits per heavy atom. The van der Waals surface area contributed by atoms with E-state index >= 15 is 0 Å². The molecule has 0 atom stereocenters. The van der Waals surface area contributed by atoms with Crippen molar-refractivity contribution in [3.8, 4) is 0 Å². The quantitative estimate of drug-likeness (QED) is 0.773. The summed E-state index contributed by atoms with van der Waals surface area (Å²) in [4.78, 5) is 23.2. The van der Waals surface area contributed by atoms with Gasteiger partial charge < -0.3 is 10.4 Å². The first kappa shape index (κ1) is 14.1. The smallest absolute Gasteiger partial charge is 0.322 e. The van der Waals surface area contributed by atoms with Gasteiger partial charge in [0.25, 0.3) is 0 Å². The van der Waals surface area contributed by atoms with Gasteiger partial charge in [0.15, 0.2) is 0 Å². The molecule has 1 aromatic carbocycles. The van der Waals surface area contributed by atoms with Gasteiger partial charge in [-0.15, -0.1) is 0 Å². The molecule has 0 aromatic heterocycles. The molecular weight excluding hydrogens is 239 g/mol. The first-order chi connectivity index (χ1) is 8.49. The molecule has 6 heteroatoms. The van der Waals surface area contributed by atoms with Crippen LogP contribution < -0.4 is 5.32 Å². The molecule has 0 heterocycles. The lowest BCUT2D eigenvalue weighted by Gasteiger charge is -2.16. The lowest BCUT2D eigenvalue weighted by atomic mass is 10.2. The summed E-state index contributed by atoms with van der Waals surface area (Å²) in [6.07, 6.45) is 0. The predicted octanol–water partition coefficient (Wildman–Crippen LogP) is 0.458. The molecule has 0 aliphatic carbocycles. The number of hydrogen-bond donors (Lipinski definition) is 2. The highest BCUT2D eigenvalue weighted by atomic mass is 19.1. The van der Waals surface area contributed by atoms with Crippen molar-refractivity contribution >= 4 is 11.9 Å². The molecule has 2 N–H and O–H groups in total. The van der Waals surface area contributed by atoms with Crippen LogP contribution in [0, 0.1) is 5.82 Å². The Bertz CT molecular complexity index is 437. The molecular formula is C12H15FN2O3. The van der Waals surface area contributed by atoms with Gasteiger partial charge in [0.1, 0.15) is 12.4 Å². The van der Waals surface area contributed by atoms with Crippen molar-refractivity contribution in [1.82, 2.24) is 10.2 Å². The van der Waals surface area contributed by atoms with Crippen molar-refractivity contribution in [2.24, 2.45) is 0 Å². The van der Waals surface area contributed by atoms with Crippen molar-refractivity contribution in [3.05, 3.63) is 35.6 Å². The fourth-order valence-electron chi connectivity index (χ4n) is 1.45. The van der Waals surface area contributed by atoms with Gasteiger partial charge in [0.05, 0.1) is 6.54 Å². The number of hydrogen-bond acceptors (Lipinski definition) is 3. The number of nitrogens with zero attached hydrogens (tertiary/aromatic N) is 1. The van der Waals surface area contributed by atoms with E-state index in [1.165, 1.54) is 6.07 Å². The molecule has 0 aliphatic rings. The Hall–Kier alpha value is -1.95. The summed E-state index contributed by atoms with van der Waals surface area (Å²) >= 11 is 0. The normalized spacial score (nSPS) is 10.4. The second-order valence-electron chi connectivity index (χ2n) is 3.93. The molecule has 1 rings (SSSR count). The van der Waals surface area contributed by atoms with Crippen molar-refractivity contribution in [2.45, 2.75) is 6.54 Å². The van der Waals surface area contributed by atoms with E-state index in [0.29, 0.717) is 5.56 Å². The molecule has 0 saturated heterocycles. The summed E-state index contributed by atoms with van der Waals surface area (Å²) in [6.45, 7) is -0.110. The van der Waals surface area contributed by atoms with Gasteiger partial charge in [0.2, 0.25) is 5.91 Å². The minimum absolute atomic E-state index is 0.0155. The largest absolute Gasteiger partial charge is 0.480 e. The van der Waals surface area contributed by atoms with Crippen LogP contribution in [0.4, 0.5) is 4.39 Å². The molecule has 0 bridgehead atoms. The van der Waals surface area contributed by atoms with E-state index in [0.717, 1.165) is 0 Å². The predicted molar refractivity (Wildman–Crippen MR) is 63.4 cm³/mol. The van der Waals surface area contributed by atoms with Crippen LogP contribution in [0.5, 0.6) is 0 Å². The van der Waals surface area contributed by atoms with E-state index in [-0.39, 0.29) is 18.9 Å². The summed E-state index contributed by atoms with van der Waals surface area (Å²) in [6, 6.07) is 6.31. The summed E-state index contributed by atoms with van der Waals surface area (Å²) in [7, 11) is 1.66. The average molecular weight is 254 g/mol. The van der Waals surface area contributed by atoms with Gasteiger partial charge in [0, 0.05) is 12.1 Å². The minimum Gasteiger partial charge on any atom is -0.480 e. The minimum atomic E-state index is -1.10. The number of carbonyl (C=O) groups is 2. The first-order valence-electron chi connectivity index (χ1n) is 5.39. The fourth-order valence-corrected chi connectivity index (χ4v) is 1.45. The number of carboxylic acids is 1. The first-order valence-corrected chi connectivity index (χ1v) is 5.39. The SMILES string of the molecule is CN(CC(=O)NCC(=O)O)Cc1ccccc1F. The number of likely N-dealkylation sites (N-methyl/N-ethyl adjacent to an activating group) is 1. The van der Waals surface area contributed by atoms with Gasteiger partial charge >= 0.3 is 5.97 Å². The van der Waals surface area contributed by atoms with Crippen LogP contribution in [0.2, 0.25) is 0 Å². The Morgan fingerprint density at radius 2 is 2.06 bits per heavy atom. The van der Waals surface area contributed by atoms with Crippen molar-refractivity contribution in [3.63, 3.8) is 0 Å². The summed E-state index contributed by atoms with van der Waals surface area (Å²) in [5.74, 6) is -1.83. The van der Waals surface area contributed by atoms with Crippen LogP contribution in [-0.2, 0) is 16.1 Å². The van der Waals surface area contributed by atoms with Crippen LogP contribution in [0.15, 0.2) is 24.3 Å². The van der Waals surface area contributed by atoms with Gasteiger partial charge in [-0.1, -0.05) is 18.2 Å². The number of nitrogens with one attached hydrogen (secondary N) is 1. The van der Waals surface area contributed by atoms with Crippen molar-refractivity contribution in [2.75, 3.05) is 20.1 Å². The van der Waals surface area contributed by atoms with Crippen LogP contribution >= 0.6 is 0 Å². The van der Waals surface area contributed by atoms with Crippen LogP contribution in [0.25, 0.3) is 0 Å². The van der Waals surface area contributed by atoms with E-state index in [1.807, 2.05) is 0 Å². The van der Waals surface area contributed by atoms with Crippen LogP contribution in [0.3, 0.4) is 0 Å². The van der Waals surface area contributed by atoms with Crippen LogP contribution in [-0.4, -0.2) is 42.0 Å². The molecule has 0 unspecified atom stereocenters. The third-order valence-electron chi connectivity index (χ3n) is 2.25. The second-order valence-corrected chi connectivity index (χ2v) is 3.93. The number of amides is 1. The maximum atomic E-state index is 13.3. The molecule has 1 amide bonds. The topological polar surface area (TPSA) is 69.6 Å². The number of benzene rings is 1. The van der Waals surface area contributed by atoms with Crippen molar-refractivity contribution in [1.29, 1.82) is 0 Å². The van der Waals surface area contributed by atoms with E-state index in [4.69, 9.17) is 5.11 Å². The Kier molecular flexibility index (Phi) is 5.26.